The van der Waals surface area contributed by atoms with Gasteiger partial charge >= 0.3 is 0 Å². The SMILES string of the molecule is O=C(C=Cc1cccc([N+](=O)[O-])c1)NCc1ccc(-n2ccnc2)c(F)c1. The lowest BCUT2D eigenvalue weighted by Gasteiger charge is -2.07. The second-order valence-corrected chi connectivity index (χ2v) is 5.66. The zero-order valence-electron chi connectivity index (χ0n) is 14.1. The quantitative estimate of drug-likeness (QED) is 0.412. The third-order valence-electron chi connectivity index (χ3n) is 3.77. The molecule has 0 radical (unpaired) electrons. The van der Waals surface area contributed by atoms with E-state index in [1.165, 1.54) is 36.7 Å². The molecule has 0 unspecified atom stereocenters. The number of amides is 1. The molecule has 1 amide bonds. The van der Waals surface area contributed by atoms with Gasteiger partial charge in [0.15, 0.2) is 0 Å². The maximum absolute atomic E-state index is 14.2. The highest BCUT2D eigenvalue weighted by atomic mass is 19.1. The Morgan fingerprint density at radius 2 is 2.15 bits per heavy atom. The Hall–Kier alpha value is -3.81. The Bertz CT molecular complexity index is 1000. The molecule has 7 nitrogen and oxygen atoms in total. The molecule has 3 aromatic rings. The summed E-state index contributed by atoms with van der Waals surface area (Å²) in [5.41, 5.74) is 1.46. The molecule has 0 aliphatic carbocycles. The van der Waals surface area contributed by atoms with Crippen LogP contribution in [0, 0.1) is 15.9 Å². The highest BCUT2D eigenvalue weighted by Gasteiger charge is 2.07. The van der Waals surface area contributed by atoms with E-state index in [0.717, 1.165) is 0 Å². The number of nitro groups is 1. The summed E-state index contributed by atoms with van der Waals surface area (Å²) in [6, 6.07) is 10.6. The first-order valence-corrected chi connectivity index (χ1v) is 8.00. The lowest BCUT2D eigenvalue weighted by atomic mass is 10.2. The molecule has 0 aliphatic rings. The fraction of sp³-hybridized carbons (Fsp3) is 0.0526. The van der Waals surface area contributed by atoms with Gasteiger partial charge in [0, 0.05) is 37.1 Å². The Morgan fingerprint density at radius 3 is 2.85 bits per heavy atom. The highest BCUT2D eigenvalue weighted by Crippen LogP contribution is 2.15. The summed E-state index contributed by atoms with van der Waals surface area (Å²) in [5, 5.41) is 13.4. The van der Waals surface area contributed by atoms with Crippen molar-refractivity contribution in [1.29, 1.82) is 0 Å². The van der Waals surface area contributed by atoms with Gasteiger partial charge in [0.1, 0.15) is 5.82 Å². The van der Waals surface area contributed by atoms with Crippen LogP contribution in [-0.2, 0) is 11.3 Å². The fourth-order valence-corrected chi connectivity index (χ4v) is 2.43. The van der Waals surface area contributed by atoms with Gasteiger partial charge in [0.05, 0.1) is 16.9 Å². The van der Waals surface area contributed by atoms with Crippen LogP contribution in [0.1, 0.15) is 11.1 Å². The van der Waals surface area contributed by atoms with E-state index in [2.05, 4.69) is 10.3 Å². The van der Waals surface area contributed by atoms with Crippen molar-refractivity contribution in [3.63, 3.8) is 0 Å². The van der Waals surface area contributed by atoms with Crippen LogP contribution in [0.3, 0.4) is 0 Å². The number of halogens is 1. The molecular formula is C19H15FN4O3. The number of imidazole rings is 1. The van der Waals surface area contributed by atoms with Gasteiger partial charge in [-0.25, -0.2) is 9.37 Å². The lowest BCUT2D eigenvalue weighted by molar-refractivity contribution is -0.384. The van der Waals surface area contributed by atoms with E-state index in [-0.39, 0.29) is 18.1 Å². The van der Waals surface area contributed by atoms with E-state index >= 15 is 0 Å². The number of nitrogens with zero attached hydrogens (tertiary/aromatic N) is 3. The molecule has 0 saturated carbocycles. The summed E-state index contributed by atoms with van der Waals surface area (Å²) in [4.78, 5) is 26.0. The predicted octanol–water partition coefficient (Wildman–Crippen LogP) is 3.25. The van der Waals surface area contributed by atoms with E-state index in [4.69, 9.17) is 0 Å². The number of non-ortho nitro benzene ring substituents is 1. The first kappa shape index (κ1) is 18.0. The molecule has 0 saturated heterocycles. The molecule has 0 aliphatic heterocycles. The van der Waals surface area contributed by atoms with Crippen LogP contribution in [0.4, 0.5) is 10.1 Å². The third-order valence-corrected chi connectivity index (χ3v) is 3.77. The number of hydrogen-bond donors (Lipinski definition) is 1. The van der Waals surface area contributed by atoms with Crippen LogP contribution in [0.5, 0.6) is 0 Å². The molecule has 0 spiro atoms. The van der Waals surface area contributed by atoms with Gasteiger partial charge in [-0.15, -0.1) is 0 Å². The molecule has 0 fully saturated rings. The van der Waals surface area contributed by atoms with Gasteiger partial charge in [-0.1, -0.05) is 18.2 Å². The molecular weight excluding hydrogens is 351 g/mol. The van der Waals surface area contributed by atoms with Crippen molar-refractivity contribution in [3.8, 4) is 5.69 Å². The largest absolute Gasteiger partial charge is 0.348 e. The number of aromatic nitrogens is 2. The van der Waals surface area contributed by atoms with Crippen LogP contribution >= 0.6 is 0 Å². The van der Waals surface area contributed by atoms with Crippen LogP contribution in [-0.4, -0.2) is 20.4 Å². The minimum Gasteiger partial charge on any atom is -0.348 e. The van der Waals surface area contributed by atoms with Crippen molar-refractivity contribution in [3.05, 3.63) is 94.3 Å². The average Bonchev–Trinajstić information content (AvgIpc) is 3.19. The van der Waals surface area contributed by atoms with Gasteiger partial charge in [-0.3, -0.25) is 14.9 Å². The van der Waals surface area contributed by atoms with E-state index in [1.807, 2.05) is 0 Å². The number of nitrogens with one attached hydrogen (secondary N) is 1. The predicted molar refractivity (Wildman–Crippen MR) is 97.5 cm³/mol. The molecule has 0 bridgehead atoms. The number of benzene rings is 2. The molecule has 0 atom stereocenters. The maximum atomic E-state index is 14.2. The van der Waals surface area contributed by atoms with Gasteiger partial charge in [0.2, 0.25) is 5.91 Å². The first-order valence-electron chi connectivity index (χ1n) is 8.00. The zero-order valence-corrected chi connectivity index (χ0v) is 14.1. The Kier molecular flexibility index (Phi) is 5.36. The first-order chi connectivity index (χ1) is 13.0. The lowest BCUT2D eigenvalue weighted by Crippen LogP contribution is -2.20. The zero-order chi connectivity index (χ0) is 19.2. The van der Waals surface area contributed by atoms with Gasteiger partial charge in [-0.05, 0) is 29.3 Å². The van der Waals surface area contributed by atoms with Crippen LogP contribution in [0.15, 0.2) is 67.3 Å². The number of carbonyl (C=O) groups excluding carboxylic acids is 1. The van der Waals surface area contributed by atoms with Gasteiger partial charge in [0.25, 0.3) is 5.69 Å². The smallest absolute Gasteiger partial charge is 0.270 e. The fourth-order valence-electron chi connectivity index (χ4n) is 2.43. The molecule has 1 N–H and O–H groups in total. The molecule has 1 heterocycles. The van der Waals surface area contributed by atoms with E-state index in [0.29, 0.717) is 16.8 Å². The Morgan fingerprint density at radius 1 is 1.30 bits per heavy atom. The molecule has 3 rings (SSSR count). The number of rotatable bonds is 6. The van der Waals surface area contributed by atoms with E-state index in [9.17, 15) is 19.3 Å². The molecule has 27 heavy (non-hydrogen) atoms. The van der Waals surface area contributed by atoms with Crippen LogP contribution < -0.4 is 5.32 Å². The second kappa shape index (κ2) is 8.05. The van der Waals surface area contributed by atoms with Crippen molar-refractivity contribution in [2.24, 2.45) is 0 Å². The summed E-state index contributed by atoms with van der Waals surface area (Å²) >= 11 is 0. The minimum absolute atomic E-state index is 0.0500. The molecule has 2 aromatic carbocycles. The molecule has 1 aromatic heterocycles. The van der Waals surface area contributed by atoms with E-state index in [1.54, 1.807) is 41.2 Å². The Labute approximate surface area is 153 Å². The highest BCUT2D eigenvalue weighted by molar-refractivity contribution is 5.91. The average molecular weight is 366 g/mol. The number of nitro benzene ring substituents is 1. The molecule has 136 valence electrons. The van der Waals surface area contributed by atoms with Crippen molar-refractivity contribution >= 4 is 17.7 Å². The maximum Gasteiger partial charge on any atom is 0.270 e. The summed E-state index contributed by atoms with van der Waals surface area (Å²) in [6.07, 6.45) is 7.44. The number of carbonyl (C=O) groups is 1. The van der Waals surface area contributed by atoms with Crippen molar-refractivity contribution < 1.29 is 14.1 Å². The standard InChI is InChI=1S/C19H15FN4O3/c20-17-11-15(4-6-18(17)23-9-8-21-13-23)12-22-19(25)7-5-14-2-1-3-16(10-14)24(26)27/h1-11,13H,12H2,(H,22,25). The van der Waals surface area contributed by atoms with Gasteiger partial charge < -0.3 is 9.88 Å². The molecule has 8 heteroatoms. The monoisotopic (exact) mass is 366 g/mol. The Balaban J connectivity index is 1.60. The van der Waals surface area contributed by atoms with Crippen LogP contribution in [0.25, 0.3) is 11.8 Å². The summed E-state index contributed by atoms with van der Waals surface area (Å²) in [6.45, 7) is 0.152. The topological polar surface area (TPSA) is 90.1 Å². The third kappa shape index (κ3) is 4.63. The minimum atomic E-state index is -0.501. The van der Waals surface area contributed by atoms with E-state index < -0.39 is 10.7 Å². The van der Waals surface area contributed by atoms with Crippen molar-refractivity contribution in [2.45, 2.75) is 6.54 Å². The number of hydrogen-bond acceptors (Lipinski definition) is 4. The second-order valence-electron chi connectivity index (χ2n) is 5.66. The summed E-state index contributed by atoms with van der Waals surface area (Å²) in [5.74, 6) is -0.813. The van der Waals surface area contributed by atoms with Crippen LogP contribution in [0.2, 0.25) is 0 Å². The van der Waals surface area contributed by atoms with Crippen molar-refractivity contribution in [1.82, 2.24) is 14.9 Å². The summed E-state index contributed by atoms with van der Waals surface area (Å²) < 4.78 is 15.7. The summed E-state index contributed by atoms with van der Waals surface area (Å²) in [7, 11) is 0. The van der Waals surface area contributed by atoms with Gasteiger partial charge in [-0.2, -0.15) is 0 Å². The normalized spacial score (nSPS) is 10.9. The van der Waals surface area contributed by atoms with Crippen molar-refractivity contribution in [2.75, 3.05) is 0 Å².